The zero-order chi connectivity index (χ0) is 10.9. The van der Waals surface area contributed by atoms with E-state index in [1.807, 2.05) is 11.8 Å². The molecular weight excluding hydrogens is 192 g/mol. The molecule has 0 spiro atoms. The first-order chi connectivity index (χ1) is 7.15. The topological polar surface area (TPSA) is 52.6 Å². The van der Waals surface area contributed by atoms with Gasteiger partial charge in [0.1, 0.15) is 0 Å². The molecule has 2 saturated heterocycles. The Hall–Kier alpha value is -0.610. The van der Waals surface area contributed by atoms with Crippen molar-refractivity contribution in [3.05, 3.63) is 0 Å². The van der Waals surface area contributed by atoms with E-state index in [1.54, 1.807) is 0 Å². The highest BCUT2D eigenvalue weighted by Crippen LogP contribution is 2.30. The van der Waals surface area contributed by atoms with E-state index in [0.717, 1.165) is 39.0 Å². The molecule has 86 valence electrons. The van der Waals surface area contributed by atoms with Crippen molar-refractivity contribution in [2.75, 3.05) is 32.8 Å². The number of aliphatic hydroxyl groups excluding tert-OH is 1. The van der Waals surface area contributed by atoms with Gasteiger partial charge in [0.25, 0.3) is 0 Å². The molecule has 0 radical (unpaired) electrons. The van der Waals surface area contributed by atoms with Crippen molar-refractivity contribution in [1.29, 1.82) is 0 Å². The first-order valence-electron chi connectivity index (χ1n) is 5.77. The molecule has 2 heterocycles. The molecule has 2 rings (SSSR count). The lowest BCUT2D eigenvalue weighted by molar-refractivity contribution is -0.149. The molecule has 0 aromatic rings. The molecule has 4 heteroatoms. The van der Waals surface area contributed by atoms with E-state index in [9.17, 15) is 4.79 Å². The van der Waals surface area contributed by atoms with Crippen LogP contribution in [-0.4, -0.2) is 48.7 Å². The largest absolute Gasteiger partial charge is 0.396 e. The third-order valence-corrected chi connectivity index (χ3v) is 3.62. The summed E-state index contributed by atoms with van der Waals surface area (Å²) in [5, 5.41) is 12.2. The summed E-state index contributed by atoms with van der Waals surface area (Å²) in [5.41, 5.74) is -0.210. The second-order valence-electron chi connectivity index (χ2n) is 5.10. The maximum atomic E-state index is 12.2. The number of hydrogen-bond donors (Lipinski definition) is 2. The molecule has 15 heavy (non-hydrogen) atoms. The van der Waals surface area contributed by atoms with Crippen LogP contribution < -0.4 is 5.32 Å². The molecule has 2 aliphatic heterocycles. The van der Waals surface area contributed by atoms with Crippen LogP contribution >= 0.6 is 0 Å². The van der Waals surface area contributed by atoms with E-state index in [-0.39, 0.29) is 17.9 Å². The first kappa shape index (κ1) is 10.9. The van der Waals surface area contributed by atoms with Gasteiger partial charge in [-0.1, -0.05) is 0 Å². The summed E-state index contributed by atoms with van der Waals surface area (Å²) in [6, 6.07) is 0. The van der Waals surface area contributed by atoms with Crippen LogP contribution in [0, 0.1) is 11.3 Å². The molecular formula is C11H20N2O2. The van der Waals surface area contributed by atoms with Gasteiger partial charge in [-0.25, -0.2) is 0 Å². The van der Waals surface area contributed by atoms with Crippen LogP contribution in [0.1, 0.15) is 19.8 Å². The molecule has 0 bridgehead atoms. The third kappa shape index (κ3) is 2.01. The summed E-state index contributed by atoms with van der Waals surface area (Å²) >= 11 is 0. The Labute approximate surface area is 90.6 Å². The minimum Gasteiger partial charge on any atom is -0.396 e. The molecule has 1 amide bonds. The van der Waals surface area contributed by atoms with Crippen LogP contribution in [0.3, 0.4) is 0 Å². The Kier molecular flexibility index (Phi) is 2.98. The van der Waals surface area contributed by atoms with Gasteiger partial charge in [-0.3, -0.25) is 4.79 Å². The Balaban J connectivity index is 1.90. The molecule has 0 saturated carbocycles. The van der Waals surface area contributed by atoms with E-state index < -0.39 is 0 Å². The van der Waals surface area contributed by atoms with Crippen molar-refractivity contribution in [2.24, 2.45) is 11.3 Å². The van der Waals surface area contributed by atoms with Crippen molar-refractivity contribution in [1.82, 2.24) is 10.2 Å². The molecule has 1 atom stereocenters. The summed E-state index contributed by atoms with van der Waals surface area (Å²) in [7, 11) is 0. The quantitative estimate of drug-likeness (QED) is 0.668. The number of carbonyl (C=O) groups excluding carboxylic acids is 1. The Morgan fingerprint density at radius 2 is 2.33 bits per heavy atom. The van der Waals surface area contributed by atoms with E-state index >= 15 is 0 Å². The fraction of sp³-hybridized carbons (Fsp3) is 0.909. The summed E-state index contributed by atoms with van der Waals surface area (Å²) in [6.45, 7) is 5.57. The van der Waals surface area contributed by atoms with Crippen LogP contribution in [0.15, 0.2) is 0 Å². The van der Waals surface area contributed by atoms with Crippen molar-refractivity contribution in [3.63, 3.8) is 0 Å². The minimum absolute atomic E-state index is 0.207. The van der Waals surface area contributed by atoms with Crippen molar-refractivity contribution >= 4 is 5.91 Å². The molecule has 4 nitrogen and oxygen atoms in total. The maximum Gasteiger partial charge on any atom is 0.229 e. The highest BCUT2D eigenvalue weighted by atomic mass is 16.3. The normalized spacial score (nSPS) is 32.5. The van der Waals surface area contributed by atoms with Gasteiger partial charge in [-0.2, -0.15) is 0 Å². The van der Waals surface area contributed by atoms with E-state index in [0.29, 0.717) is 5.92 Å². The minimum atomic E-state index is -0.210. The second-order valence-corrected chi connectivity index (χ2v) is 5.10. The van der Waals surface area contributed by atoms with Gasteiger partial charge in [0, 0.05) is 32.2 Å². The number of hydrogen-bond acceptors (Lipinski definition) is 3. The Bertz CT molecular complexity index is 243. The first-order valence-corrected chi connectivity index (χ1v) is 5.77. The van der Waals surface area contributed by atoms with E-state index in [4.69, 9.17) is 5.11 Å². The average Bonchev–Trinajstić information content (AvgIpc) is 2.17. The van der Waals surface area contributed by atoms with Crippen molar-refractivity contribution in [3.8, 4) is 0 Å². The molecule has 0 aliphatic carbocycles. The lowest BCUT2D eigenvalue weighted by Crippen LogP contribution is -2.58. The van der Waals surface area contributed by atoms with Gasteiger partial charge < -0.3 is 15.3 Å². The highest BCUT2D eigenvalue weighted by molar-refractivity contribution is 5.83. The smallest absolute Gasteiger partial charge is 0.229 e. The van der Waals surface area contributed by atoms with Crippen LogP contribution in [0.5, 0.6) is 0 Å². The van der Waals surface area contributed by atoms with Crippen LogP contribution in [0.4, 0.5) is 0 Å². The van der Waals surface area contributed by atoms with E-state index in [2.05, 4.69) is 5.32 Å². The van der Waals surface area contributed by atoms with Gasteiger partial charge in [-0.15, -0.1) is 0 Å². The molecule has 0 aromatic heterocycles. The van der Waals surface area contributed by atoms with Gasteiger partial charge >= 0.3 is 0 Å². The predicted molar refractivity (Wildman–Crippen MR) is 57.4 cm³/mol. The fourth-order valence-electron chi connectivity index (χ4n) is 2.47. The van der Waals surface area contributed by atoms with Crippen LogP contribution in [-0.2, 0) is 4.79 Å². The van der Waals surface area contributed by atoms with Gasteiger partial charge in [0.05, 0.1) is 5.41 Å². The van der Waals surface area contributed by atoms with Crippen LogP contribution in [0.25, 0.3) is 0 Å². The number of piperidine rings is 1. The van der Waals surface area contributed by atoms with Gasteiger partial charge in [0.15, 0.2) is 0 Å². The number of likely N-dealkylation sites (tertiary alicyclic amines) is 1. The summed E-state index contributed by atoms with van der Waals surface area (Å²) in [6.07, 6.45) is 2.07. The lowest BCUT2D eigenvalue weighted by Gasteiger charge is -2.44. The predicted octanol–water partition coefficient (Wildman–Crippen LogP) is -0.173. The monoisotopic (exact) mass is 212 g/mol. The standard InChI is InChI=1S/C11H20N2O2/c1-11(3-2-4-12-8-11)10(15)13-5-9(6-13)7-14/h9,12,14H,2-8H2,1H3. The van der Waals surface area contributed by atoms with Crippen molar-refractivity contribution < 1.29 is 9.90 Å². The summed E-state index contributed by atoms with van der Waals surface area (Å²) in [4.78, 5) is 14.1. The summed E-state index contributed by atoms with van der Waals surface area (Å²) in [5.74, 6) is 0.577. The zero-order valence-corrected chi connectivity index (χ0v) is 9.33. The number of rotatable bonds is 2. The second kappa shape index (κ2) is 4.10. The highest BCUT2D eigenvalue weighted by Gasteiger charge is 2.41. The third-order valence-electron chi connectivity index (χ3n) is 3.62. The Morgan fingerprint density at radius 3 is 2.87 bits per heavy atom. The lowest BCUT2D eigenvalue weighted by atomic mass is 9.80. The molecule has 2 aliphatic rings. The van der Waals surface area contributed by atoms with Gasteiger partial charge in [-0.05, 0) is 26.3 Å². The number of carbonyl (C=O) groups is 1. The van der Waals surface area contributed by atoms with E-state index in [1.165, 1.54) is 0 Å². The Morgan fingerprint density at radius 1 is 1.60 bits per heavy atom. The number of nitrogens with zero attached hydrogens (tertiary/aromatic N) is 1. The summed E-state index contributed by atoms with van der Waals surface area (Å²) < 4.78 is 0. The van der Waals surface area contributed by atoms with Gasteiger partial charge in [0.2, 0.25) is 5.91 Å². The molecule has 2 N–H and O–H groups in total. The molecule has 2 fully saturated rings. The average molecular weight is 212 g/mol. The molecule has 1 unspecified atom stereocenters. The van der Waals surface area contributed by atoms with Crippen molar-refractivity contribution in [2.45, 2.75) is 19.8 Å². The SMILES string of the molecule is CC1(C(=O)N2CC(CO)C2)CCCNC1. The number of amides is 1. The fourth-order valence-corrected chi connectivity index (χ4v) is 2.47. The molecule has 0 aromatic carbocycles. The maximum absolute atomic E-state index is 12.2. The zero-order valence-electron chi connectivity index (χ0n) is 9.33. The number of nitrogens with one attached hydrogen (secondary N) is 1. The number of aliphatic hydroxyl groups is 1. The van der Waals surface area contributed by atoms with Crippen LogP contribution in [0.2, 0.25) is 0 Å².